The monoisotopic (exact) mass is 407 g/mol. The first kappa shape index (κ1) is 22.3. The van der Waals surface area contributed by atoms with E-state index in [0.29, 0.717) is 0 Å². The number of hydrogen-bond donors (Lipinski definition) is 3. The lowest BCUT2D eigenvalue weighted by atomic mass is 9.86. The second-order valence-electron chi connectivity index (χ2n) is 8.16. The maximum Gasteiger partial charge on any atom is 0.273 e. The third kappa shape index (κ3) is 5.53. The number of nitrogens with zero attached hydrogens (tertiary/aromatic N) is 3. The largest absolute Gasteiger partial charge is 0.387 e. The van der Waals surface area contributed by atoms with Crippen LogP contribution in [0.15, 0.2) is 30.5 Å². The van der Waals surface area contributed by atoms with E-state index < -0.39 is 6.10 Å². The molecule has 7 nitrogen and oxygen atoms in total. The number of aliphatic hydroxyl groups is 1. The van der Waals surface area contributed by atoms with Gasteiger partial charge in [0, 0.05) is 6.54 Å². The van der Waals surface area contributed by atoms with Crippen molar-refractivity contribution < 1.29 is 9.90 Å². The molecular formula is C20H30ClN5O2. The Morgan fingerprint density at radius 3 is 2.54 bits per heavy atom. The lowest BCUT2D eigenvalue weighted by Crippen LogP contribution is -2.30. The Morgan fingerprint density at radius 1 is 1.29 bits per heavy atom. The molecule has 1 aromatic heterocycles. The highest BCUT2D eigenvalue weighted by Crippen LogP contribution is 2.24. The van der Waals surface area contributed by atoms with Crippen LogP contribution in [-0.2, 0) is 5.41 Å². The van der Waals surface area contributed by atoms with Crippen LogP contribution in [0.4, 0.5) is 0 Å². The second-order valence-corrected chi connectivity index (χ2v) is 8.16. The Hall–Kier alpha value is -1.96. The summed E-state index contributed by atoms with van der Waals surface area (Å²) in [6, 6.07) is 8.14. The summed E-state index contributed by atoms with van der Waals surface area (Å²) in [5.74, 6) is -0.319. The molecule has 1 amide bonds. The van der Waals surface area contributed by atoms with Crippen LogP contribution in [0.3, 0.4) is 0 Å². The summed E-state index contributed by atoms with van der Waals surface area (Å²) in [6.45, 7) is 8.48. The van der Waals surface area contributed by atoms with Gasteiger partial charge in [-0.15, -0.1) is 17.5 Å². The predicted octanol–water partition coefficient (Wildman–Crippen LogP) is 2.39. The van der Waals surface area contributed by atoms with Gasteiger partial charge in [0.25, 0.3) is 5.91 Å². The van der Waals surface area contributed by atoms with E-state index in [9.17, 15) is 9.90 Å². The fourth-order valence-corrected chi connectivity index (χ4v) is 3.23. The normalized spacial score (nSPS) is 16.3. The van der Waals surface area contributed by atoms with Crippen molar-refractivity contribution in [1.82, 2.24) is 25.6 Å². The lowest BCUT2D eigenvalue weighted by Gasteiger charge is -2.22. The van der Waals surface area contributed by atoms with Crippen LogP contribution in [0.2, 0.25) is 0 Å². The first-order chi connectivity index (χ1) is 12.8. The van der Waals surface area contributed by atoms with E-state index in [1.807, 2.05) is 24.3 Å². The van der Waals surface area contributed by atoms with Crippen LogP contribution >= 0.6 is 12.4 Å². The Labute approximate surface area is 172 Å². The summed E-state index contributed by atoms with van der Waals surface area (Å²) < 4.78 is 1.78. The molecule has 2 aromatic rings. The molecule has 3 N–H and O–H groups in total. The minimum Gasteiger partial charge on any atom is -0.387 e. The molecule has 0 saturated carbocycles. The zero-order chi connectivity index (χ0) is 19.4. The SMILES string of the molecule is CC(C)(C)c1ccc(C(O)CNC(=O)c2cn(C3CCNCC3)nn2)cc1.Cl. The van der Waals surface area contributed by atoms with Gasteiger partial charge in [-0.05, 0) is 42.5 Å². The molecule has 1 saturated heterocycles. The van der Waals surface area contributed by atoms with Gasteiger partial charge in [0.15, 0.2) is 5.69 Å². The topological polar surface area (TPSA) is 92.1 Å². The molecule has 2 heterocycles. The Bertz CT molecular complexity index is 764. The number of hydrogen-bond acceptors (Lipinski definition) is 5. The number of amides is 1. The average molecular weight is 408 g/mol. The Morgan fingerprint density at radius 2 is 1.93 bits per heavy atom. The lowest BCUT2D eigenvalue weighted by molar-refractivity contribution is 0.0911. The number of aliphatic hydroxyl groups excluding tert-OH is 1. The molecule has 1 aliphatic heterocycles. The summed E-state index contributed by atoms with van der Waals surface area (Å²) in [4.78, 5) is 12.3. The maximum atomic E-state index is 12.3. The number of rotatable bonds is 5. The van der Waals surface area contributed by atoms with E-state index in [1.54, 1.807) is 10.9 Å². The molecule has 0 radical (unpaired) electrons. The molecule has 1 atom stereocenters. The van der Waals surface area contributed by atoms with Crippen molar-refractivity contribution >= 4 is 18.3 Å². The fourth-order valence-electron chi connectivity index (χ4n) is 3.23. The van der Waals surface area contributed by atoms with Gasteiger partial charge in [-0.1, -0.05) is 50.3 Å². The highest BCUT2D eigenvalue weighted by molar-refractivity contribution is 5.91. The molecule has 28 heavy (non-hydrogen) atoms. The molecule has 0 aliphatic carbocycles. The molecular weight excluding hydrogens is 378 g/mol. The average Bonchev–Trinajstić information content (AvgIpc) is 3.16. The highest BCUT2D eigenvalue weighted by Gasteiger charge is 2.20. The third-order valence-electron chi connectivity index (χ3n) is 5.04. The van der Waals surface area contributed by atoms with E-state index in [1.165, 1.54) is 5.56 Å². The van der Waals surface area contributed by atoms with Crippen molar-refractivity contribution in [2.45, 2.75) is 51.2 Å². The first-order valence-corrected chi connectivity index (χ1v) is 9.54. The summed E-state index contributed by atoms with van der Waals surface area (Å²) in [6.07, 6.45) is 2.89. The quantitative estimate of drug-likeness (QED) is 0.707. The van der Waals surface area contributed by atoms with Crippen LogP contribution in [0.1, 0.15) is 67.4 Å². The number of halogens is 1. The Kier molecular flexibility index (Phi) is 7.57. The minimum atomic E-state index is -0.762. The zero-order valence-corrected chi connectivity index (χ0v) is 17.5. The summed E-state index contributed by atoms with van der Waals surface area (Å²) in [7, 11) is 0. The predicted molar refractivity (Wildman–Crippen MR) is 111 cm³/mol. The van der Waals surface area contributed by atoms with Gasteiger partial charge >= 0.3 is 0 Å². The molecule has 8 heteroatoms. The van der Waals surface area contributed by atoms with Crippen molar-refractivity contribution in [1.29, 1.82) is 0 Å². The number of nitrogens with one attached hydrogen (secondary N) is 2. The van der Waals surface area contributed by atoms with Gasteiger partial charge in [-0.2, -0.15) is 0 Å². The number of piperidine rings is 1. The second kappa shape index (κ2) is 9.49. The molecule has 154 valence electrons. The summed E-state index contributed by atoms with van der Waals surface area (Å²) >= 11 is 0. The molecule has 1 aromatic carbocycles. The molecule has 1 unspecified atom stereocenters. The number of benzene rings is 1. The van der Waals surface area contributed by atoms with Crippen LogP contribution in [0, 0.1) is 0 Å². The van der Waals surface area contributed by atoms with Gasteiger partial charge in [-0.3, -0.25) is 4.79 Å². The minimum absolute atomic E-state index is 0. The smallest absolute Gasteiger partial charge is 0.273 e. The molecule has 1 fully saturated rings. The van der Waals surface area contributed by atoms with E-state index in [2.05, 4.69) is 41.7 Å². The molecule has 0 spiro atoms. The standard InChI is InChI=1S/C20H29N5O2.ClH/c1-20(2,3)15-6-4-14(5-7-15)18(26)12-22-19(27)17-13-25(24-23-17)16-8-10-21-11-9-16;/h4-7,13,16,18,21,26H,8-12H2,1-3H3,(H,22,27);1H. The fraction of sp³-hybridized carbons (Fsp3) is 0.550. The van der Waals surface area contributed by atoms with Crippen LogP contribution in [0.5, 0.6) is 0 Å². The van der Waals surface area contributed by atoms with Gasteiger partial charge in [0.05, 0.1) is 18.3 Å². The van der Waals surface area contributed by atoms with Crippen LogP contribution in [-0.4, -0.2) is 45.6 Å². The molecule has 0 bridgehead atoms. The van der Waals surface area contributed by atoms with Gasteiger partial charge < -0.3 is 15.7 Å². The van der Waals surface area contributed by atoms with Crippen molar-refractivity contribution in [3.8, 4) is 0 Å². The molecule has 3 rings (SSSR count). The van der Waals surface area contributed by atoms with E-state index in [4.69, 9.17) is 0 Å². The van der Waals surface area contributed by atoms with E-state index >= 15 is 0 Å². The highest BCUT2D eigenvalue weighted by atomic mass is 35.5. The van der Waals surface area contributed by atoms with E-state index in [-0.39, 0.29) is 42.0 Å². The summed E-state index contributed by atoms with van der Waals surface area (Å²) in [5.41, 5.74) is 2.33. The van der Waals surface area contributed by atoms with Gasteiger partial charge in [-0.25, -0.2) is 4.68 Å². The van der Waals surface area contributed by atoms with E-state index in [0.717, 1.165) is 31.5 Å². The van der Waals surface area contributed by atoms with Crippen LogP contribution in [0.25, 0.3) is 0 Å². The van der Waals surface area contributed by atoms with Gasteiger partial charge in [0.2, 0.25) is 0 Å². The van der Waals surface area contributed by atoms with Crippen molar-refractivity contribution in [3.05, 3.63) is 47.3 Å². The number of aromatic nitrogens is 3. The van der Waals surface area contributed by atoms with Gasteiger partial charge in [0.1, 0.15) is 0 Å². The first-order valence-electron chi connectivity index (χ1n) is 9.54. The van der Waals surface area contributed by atoms with Crippen LogP contribution < -0.4 is 10.6 Å². The van der Waals surface area contributed by atoms with Crippen molar-refractivity contribution in [2.75, 3.05) is 19.6 Å². The maximum absolute atomic E-state index is 12.3. The zero-order valence-electron chi connectivity index (χ0n) is 16.7. The third-order valence-corrected chi connectivity index (χ3v) is 5.04. The Balaban J connectivity index is 0.00000280. The number of carbonyl (C=O) groups excluding carboxylic acids is 1. The van der Waals surface area contributed by atoms with Crippen molar-refractivity contribution in [2.24, 2.45) is 0 Å². The van der Waals surface area contributed by atoms with Crippen molar-refractivity contribution in [3.63, 3.8) is 0 Å². The summed E-state index contributed by atoms with van der Waals surface area (Å²) in [5, 5.41) is 24.5. The number of carbonyl (C=O) groups is 1. The molecule has 1 aliphatic rings.